The number of carbonyl (C=O) groups excluding carboxylic acids is 1. The van der Waals surface area contributed by atoms with Gasteiger partial charge in [-0.2, -0.15) is 0 Å². The number of hydrogen-bond donors (Lipinski definition) is 2. The van der Waals surface area contributed by atoms with Crippen molar-refractivity contribution in [1.82, 2.24) is 10.6 Å². The van der Waals surface area contributed by atoms with Crippen LogP contribution in [0, 0.1) is 17.6 Å². The van der Waals surface area contributed by atoms with E-state index in [9.17, 15) is 13.6 Å². The zero-order valence-electron chi connectivity index (χ0n) is 17.5. The van der Waals surface area contributed by atoms with Crippen molar-refractivity contribution < 1.29 is 13.6 Å². The zero-order chi connectivity index (χ0) is 20.4. The Kier molecular flexibility index (Phi) is 9.89. The minimum atomic E-state index is -0.728. The lowest BCUT2D eigenvalue weighted by Gasteiger charge is -2.14. The van der Waals surface area contributed by atoms with Crippen molar-refractivity contribution in [3.8, 4) is 0 Å². The highest BCUT2D eigenvalue weighted by Gasteiger charge is 2.29. The van der Waals surface area contributed by atoms with Crippen molar-refractivity contribution in [3.63, 3.8) is 0 Å². The lowest BCUT2D eigenvalue weighted by atomic mass is 10.0. The summed E-state index contributed by atoms with van der Waals surface area (Å²) in [6, 6.07) is 3.61. The summed E-state index contributed by atoms with van der Waals surface area (Å²) in [5.74, 6) is -1.33. The van der Waals surface area contributed by atoms with Crippen LogP contribution in [-0.2, 0) is 17.8 Å². The van der Waals surface area contributed by atoms with Gasteiger partial charge in [-0.3, -0.25) is 4.79 Å². The number of aryl methyl sites for hydroxylation is 1. The van der Waals surface area contributed by atoms with E-state index in [1.54, 1.807) is 19.2 Å². The van der Waals surface area contributed by atoms with Crippen LogP contribution in [0.4, 0.5) is 8.78 Å². The molecule has 2 unspecified atom stereocenters. The van der Waals surface area contributed by atoms with E-state index in [-0.39, 0.29) is 17.9 Å². The van der Waals surface area contributed by atoms with Crippen LogP contribution in [0.3, 0.4) is 0 Å². The van der Waals surface area contributed by atoms with Gasteiger partial charge in [0.25, 0.3) is 0 Å². The fraction of sp³-hybridized carbons (Fsp3) is 0.696. The molecule has 0 saturated heterocycles. The highest BCUT2D eigenvalue weighted by molar-refractivity contribution is 5.78. The van der Waals surface area contributed by atoms with Crippen molar-refractivity contribution in [3.05, 3.63) is 34.9 Å². The summed E-state index contributed by atoms with van der Waals surface area (Å²) in [7, 11) is 1.65. The number of nitrogens with one attached hydrogen (secondary N) is 2. The van der Waals surface area contributed by atoms with Crippen molar-refractivity contribution in [2.45, 2.75) is 90.1 Å². The lowest BCUT2D eigenvalue weighted by Crippen LogP contribution is -2.30. The minimum absolute atomic E-state index is 0.0217. The van der Waals surface area contributed by atoms with Crippen molar-refractivity contribution in [2.75, 3.05) is 7.05 Å². The average Bonchev–Trinajstić information content (AvgIpc) is 3.18. The molecule has 0 bridgehead atoms. The largest absolute Gasteiger partial charge is 0.359 e. The number of amides is 1. The molecule has 1 aliphatic carbocycles. The fourth-order valence-corrected chi connectivity index (χ4v) is 4.10. The first kappa shape index (κ1) is 22.8. The van der Waals surface area contributed by atoms with E-state index < -0.39 is 11.6 Å². The Morgan fingerprint density at radius 3 is 2.36 bits per heavy atom. The average molecular weight is 395 g/mol. The summed E-state index contributed by atoms with van der Waals surface area (Å²) >= 11 is 0. The Hall–Kier alpha value is -1.49. The molecule has 2 atom stereocenters. The Labute approximate surface area is 168 Å². The van der Waals surface area contributed by atoms with E-state index in [0.717, 1.165) is 32.1 Å². The van der Waals surface area contributed by atoms with E-state index in [1.807, 2.05) is 0 Å². The lowest BCUT2D eigenvalue weighted by molar-refractivity contribution is -0.124. The first-order chi connectivity index (χ1) is 13.6. The van der Waals surface area contributed by atoms with Crippen LogP contribution in [0.1, 0.15) is 82.3 Å². The van der Waals surface area contributed by atoms with E-state index in [0.29, 0.717) is 24.1 Å². The Morgan fingerprint density at radius 1 is 1.00 bits per heavy atom. The molecule has 1 saturated carbocycles. The normalized spacial score (nSPS) is 19.1. The van der Waals surface area contributed by atoms with Crippen molar-refractivity contribution in [2.24, 2.45) is 5.92 Å². The highest BCUT2D eigenvalue weighted by atomic mass is 19.2. The van der Waals surface area contributed by atoms with Crippen molar-refractivity contribution in [1.29, 1.82) is 0 Å². The van der Waals surface area contributed by atoms with Crippen LogP contribution in [-0.4, -0.2) is 19.0 Å². The summed E-state index contributed by atoms with van der Waals surface area (Å²) < 4.78 is 28.8. The fourth-order valence-electron chi connectivity index (χ4n) is 4.10. The summed E-state index contributed by atoms with van der Waals surface area (Å²) in [4.78, 5) is 11.7. The summed E-state index contributed by atoms with van der Waals surface area (Å²) in [5.41, 5.74) is 0.847. The quantitative estimate of drug-likeness (QED) is 0.475. The molecule has 1 aromatic carbocycles. The van der Waals surface area contributed by atoms with Gasteiger partial charge in [-0.1, -0.05) is 57.6 Å². The molecule has 158 valence electrons. The minimum Gasteiger partial charge on any atom is -0.359 e. The molecule has 0 aromatic heterocycles. The number of halogens is 2. The number of carbonyl (C=O) groups is 1. The molecular weight excluding hydrogens is 358 g/mol. The molecule has 1 fully saturated rings. The summed E-state index contributed by atoms with van der Waals surface area (Å²) in [6.07, 6.45) is 11.2. The van der Waals surface area contributed by atoms with E-state index >= 15 is 0 Å². The van der Waals surface area contributed by atoms with E-state index in [4.69, 9.17) is 0 Å². The molecule has 2 N–H and O–H groups in total. The molecule has 1 amide bonds. The van der Waals surface area contributed by atoms with Gasteiger partial charge >= 0.3 is 0 Å². The first-order valence-corrected chi connectivity index (χ1v) is 11.0. The van der Waals surface area contributed by atoms with Crippen LogP contribution in [0.25, 0.3) is 0 Å². The maximum Gasteiger partial charge on any atom is 0.222 e. The Bertz CT molecular complexity index is 621. The van der Waals surface area contributed by atoms with Crippen LogP contribution < -0.4 is 10.6 Å². The van der Waals surface area contributed by atoms with Crippen LogP contribution in [0.2, 0.25) is 0 Å². The third-order valence-electron chi connectivity index (χ3n) is 5.92. The van der Waals surface area contributed by atoms with Crippen LogP contribution >= 0.6 is 0 Å². The molecule has 0 spiro atoms. The van der Waals surface area contributed by atoms with Gasteiger partial charge < -0.3 is 10.6 Å². The Balaban J connectivity index is 1.76. The molecule has 0 heterocycles. The molecular formula is C23H36F2N2O. The SMILES string of the molecule is CCCCCCCCCc1ccc(CNC2CCC(C(=O)NC)C2)c(F)c1F. The van der Waals surface area contributed by atoms with Crippen LogP contribution in [0.15, 0.2) is 12.1 Å². The topological polar surface area (TPSA) is 41.1 Å². The van der Waals surface area contributed by atoms with Gasteiger partial charge in [0, 0.05) is 31.1 Å². The predicted molar refractivity (Wildman–Crippen MR) is 110 cm³/mol. The molecule has 5 heteroatoms. The highest BCUT2D eigenvalue weighted by Crippen LogP contribution is 2.26. The smallest absolute Gasteiger partial charge is 0.222 e. The van der Waals surface area contributed by atoms with Gasteiger partial charge in [-0.05, 0) is 37.7 Å². The third kappa shape index (κ3) is 6.84. The van der Waals surface area contributed by atoms with E-state index in [1.165, 1.54) is 32.1 Å². The molecule has 0 radical (unpaired) electrons. The van der Waals surface area contributed by atoms with Gasteiger partial charge in [-0.25, -0.2) is 8.78 Å². The number of rotatable bonds is 12. The number of hydrogen-bond acceptors (Lipinski definition) is 2. The van der Waals surface area contributed by atoms with Gasteiger partial charge in [0.1, 0.15) is 0 Å². The molecule has 1 aromatic rings. The molecule has 2 rings (SSSR count). The van der Waals surface area contributed by atoms with Crippen molar-refractivity contribution >= 4 is 5.91 Å². The van der Waals surface area contributed by atoms with Gasteiger partial charge in [0.15, 0.2) is 11.6 Å². The van der Waals surface area contributed by atoms with Gasteiger partial charge in [0.2, 0.25) is 5.91 Å². The maximum absolute atomic E-state index is 14.4. The molecule has 28 heavy (non-hydrogen) atoms. The third-order valence-corrected chi connectivity index (χ3v) is 5.92. The monoisotopic (exact) mass is 394 g/mol. The molecule has 0 aliphatic heterocycles. The number of benzene rings is 1. The predicted octanol–water partition coefficient (Wildman–Crippen LogP) is 5.26. The zero-order valence-corrected chi connectivity index (χ0v) is 17.5. The summed E-state index contributed by atoms with van der Waals surface area (Å²) in [5, 5.41) is 5.97. The van der Waals surface area contributed by atoms with Crippen LogP contribution in [0.5, 0.6) is 0 Å². The standard InChI is InChI=1S/C23H36F2N2O/c1-3-4-5-6-7-8-9-10-17-11-12-19(22(25)21(17)24)16-27-20-14-13-18(15-20)23(28)26-2/h11-12,18,20,27H,3-10,13-16H2,1-2H3,(H,26,28). The number of unbranched alkanes of at least 4 members (excludes halogenated alkanes) is 6. The second-order valence-corrected chi connectivity index (χ2v) is 8.09. The Morgan fingerprint density at radius 2 is 1.64 bits per heavy atom. The first-order valence-electron chi connectivity index (χ1n) is 11.0. The molecule has 1 aliphatic rings. The second-order valence-electron chi connectivity index (χ2n) is 8.09. The van der Waals surface area contributed by atoms with Gasteiger partial charge in [-0.15, -0.1) is 0 Å². The second kappa shape index (κ2) is 12.2. The summed E-state index contributed by atoms with van der Waals surface area (Å²) in [6.45, 7) is 2.50. The van der Waals surface area contributed by atoms with E-state index in [2.05, 4.69) is 17.6 Å². The molecule has 3 nitrogen and oxygen atoms in total. The van der Waals surface area contributed by atoms with Gasteiger partial charge in [0.05, 0.1) is 0 Å². The maximum atomic E-state index is 14.4.